The number of aromatic nitrogens is 4. The molecule has 0 aliphatic carbocycles. The maximum Gasteiger partial charge on any atom is 0.0818 e. The first-order valence-corrected chi connectivity index (χ1v) is 16.7. The van der Waals surface area contributed by atoms with Crippen LogP contribution < -0.4 is 0 Å². The molecule has 0 unspecified atom stereocenters. The van der Waals surface area contributed by atoms with E-state index in [0.29, 0.717) is 0 Å². The van der Waals surface area contributed by atoms with E-state index < -0.39 is 0 Å². The molecule has 0 fully saturated rings. The van der Waals surface area contributed by atoms with Crippen LogP contribution in [-0.4, -0.2) is 19.9 Å². The van der Waals surface area contributed by atoms with Crippen molar-refractivity contribution < 1.29 is 0 Å². The van der Waals surface area contributed by atoms with Gasteiger partial charge in [0.2, 0.25) is 0 Å². The van der Waals surface area contributed by atoms with E-state index in [9.17, 15) is 0 Å². The Labute approximate surface area is 273 Å². The Morgan fingerprint density at radius 1 is 0.391 bits per heavy atom. The Hall–Kier alpha value is -5.56. The largest absolute Gasteiger partial charge is 0.255 e. The highest BCUT2D eigenvalue weighted by Gasteiger charge is 2.18. The van der Waals surface area contributed by atoms with Crippen LogP contribution in [0.2, 0.25) is 0 Å². The van der Waals surface area contributed by atoms with Crippen molar-refractivity contribution in [2.24, 2.45) is 0 Å². The van der Waals surface area contributed by atoms with Crippen LogP contribution in [0.1, 0.15) is 0 Å². The van der Waals surface area contributed by atoms with Gasteiger partial charge in [0.25, 0.3) is 0 Å². The van der Waals surface area contributed by atoms with Crippen LogP contribution in [0.25, 0.3) is 86.8 Å². The minimum absolute atomic E-state index is 0.931. The first-order chi connectivity index (χ1) is 22.8. The lowest BCUT2D eigenvalue weighted by Gasteiger charge is -2.19. The van der Waals surface area contributed by atoms with Crippen molar-refractivity contribution in [3.63, 3.8) is 0 Å². The molecule has 4 aromatic heterocycles. The van der Waals surface area contributed by atoms with E-state index >= 15 is 0 Å². The monoisotopic (exact) mass is 624 g/mol. The fourth-order valence-corrected chi connectivity index (χ4v) is 7.61. The molecule has 0 aliphatic rings. The number of hydrogen-bond acceptors (Lipinski definition) is 6. The van der Waals surface area contributed by atoms with Crippen LogP contribution in [-0.2, 0) is 0 Å². The normalized spacial score (nSPS) is 11.5. The smallest absolute Gasteiger partial charge is 0.0818 e. The SMILES string of the molecule is c1ccc2cc(-c3ccc4c(-c5ccc(-c6cncs6)nc5)c5ccccc5c(-c5ccc(-c6cncs6)nc5)c4c3)ccc2c1. The van der Waals surface area contributed by atoms with Gasteiger partial charge in [0.15, 0.2) is 0 Å². The summed E-state index contributed by atoms with van der Waals surface area (Å²) in [5.41, 5.74) is 12.4. The molecule has 216 valence electrons. The van der Waals surface area contributed by atoms with E-state index in [1.165, 1.54) is 54.6 Å². The van der Waals surface area contributed by atoms with Crippen molar-refractivity contribution in [2.45, 2.75) is 0 Å². The fraction of sp³-hybridized carbons (Fsp3) is 0. The number of thiazole rings is 2. The fourth-order valence-electron chi connectivity index (χ4n) is 6.41. The van der Waals surface area contributed by atoms with Crippen molar-refractivity contribution in [2.75, 3.05) is 0 Å². The average molecular weight is 625 g/mol. The predicted octanol–water partition coefficient (Wildman–Crippen LogP) is 11.2. The topological polar surface area (TPSA) is 51.6 Å². The van der Waals surface area contributed by atoms with Crippen LogP contribution >= 0.6 is 22.7 Å². The minimum Gasteiger partial charge on any atom is -0.255 e. The molecule has 0 N–H and O–H groups in total. The third kappa shape index (κ3) is 4.58. The van der Waals surface area contributed by atoms with Gasteiger partial charge in [-0.3, -0.25) is 19.9 Å². The van der Waals surface area contributed by atoms with Gasteiger partial charge in [-0.2, -0.15) is 0 Å². The first kappa shape index (κ1) is 26.8. The predicted molar refractivity (Wildman–Crippen MR) is 193 cm³/mol. The molecule has 0 aliphatic heterocycles. The molecule has 0 radical (unpaired) electrons. The lowest BCUT2D eigenvalue weighted by atomic mass is 9.85. The Balaban J connectivity index is 1.31. The highest BCUT2D eigenvalue weighted by Crippen LogP contribution is 2.45. The molecule has 46 heavy (non-hydrogen) atoms. The zero-order chi connectivity index (χ0) is 30.5. The number of benzene rings is 5. The summed E-state index contributed by atoms with van der Waals surface area (Å²) in [4.78, 5) is 20.4. The lowest BCUT2D eigenvalue weighted by molar-refractivity contribution is 1.33. The summed E-state index contributed by atoms with van der Waals surface area (Å²) in [6.45, 7) is 0. The number of rotatable bonds is 5. The van der Waals surface area contributed by atoms with Gasteiger partial charge in [-0.15, -0.1) is 22.7 Å². The summed E-state index contributed by atoms with van der Waals surface area (Å²) >= 11 is 3.20. The molecule has 4 heterocycles. The van der Waals surface area contributed by atoms with Crippen molar-refractivity contribution in [1.82, 2.24) is 19.9 Å². The minimum atomic E-state index is 0.931. The first-order valence-electron chi connectivity index (χ1n) is 15.0. The molecule has 4 nitrogen and oxygen atoms in total. The average Bonchev–Trinajstić information content (AvgIpc) is 3.87. The van der Waals surface area contributed by atoms with E-state index in [1.54, 1.807) is 22.7 Å². The third-order valence-electron chi connectivity index (χ3n) is 8.58. The summed E-state index contributed by atoms with van der Waals surface area (Å²) in [7, 11) is 0. The molecule has 0 amide bonds. The number of pyridine rings is 2. The van der Waals surface area contributed by atoms with Gasteiger partial charge in [-0.05, 0) is 78.8 Å². The molecular weight excluding hydrogens is 601 g/mol. The second kappa shape index (κ2) is 11.1. The third-order valence-corrected chi connectivity index (χ3v) is 10.2. The van der Waals surface area contributed by atoms with Crippen LogP contribution in [0.3, 0.4) is 0 Å². The highest BCUT2D eigenvalue weighted by atomic mass is 32.1. The van der Waals surface area contributed by atoms with E-state index in [1.807, 2.05) is 35.8 Å². The van der Waals surface area contributed by atoms with Crippen LogP contribution in [0, 0.1) is 0 Å². The van der Waals surface area contributed by atoms with Gasteiger partial charge < -0.3 is 0 Å². The summed E-state index contributed by atoms with van der Waals surface area (Å²) in [5.74, 6) is 0. The van der Waals surface area contributed by atoms with Crippen LogP contribution in [0.15, 0.2) is 145 Å². The standard InChI is InChI=1S/C40H24N4S2/c1-2-6-26-17-27(10-9-25(26)5-1)28-11-14-33-34(18-28)40(30-13-16-36(44-20-30)38-22-42-24-46-38)32-8-4-3-7-31(32)39(33)29-12-15-35(43-19-29)37-21-41-23-45-37/h1-24H. The van der Waals surface area contributed by atoms with Crippen molar-refractivity contribution in [3.8, 4) is 54.5 Å². The van der Waals surface area contributed by atoms with Crippen molar-refractivity contribution >= 4 is 55.0 Å². The number of nitrogens with zero attached hydrogens (tertiary/aromatic N) is 4. The molecule has 6 heteroatoms. The second-order valence-corrected chi connectivity index (χ2v) is 13.0. The van der Waals surface area contributed by atoms with Gasteiger partial charge in [0.1, 0.15) is 0 Å². The summed E-state index contributed by atoms with van der Waals surface area (Å²) < 4.78 is 0. The molecule has 0 bridgehead atoms. The molecular formula is C40H24N4S2. The Morgan fingerprint density at radius 3 is 1.50 bits per heavy atom. The molecule has 5 aromatic carbocycles. The van der Waals surface area contributed by atoms with Gasteiger partial charge in [-0.25, -0.2) is 0 Å². The second-order valence-electron chi connectivity index (χ2n) is 11.2. The summed E-state index contributed by atoms with van der Waals surface area (Å²) in [6, 6.07) is 39.4. The number of hydrogen-bond donors (Lipinski definition) is 0. The molecule has 0 saturated carbocycles. The van der Waals surface area contributed by atoms with Crippen LogP contribution in [0.4, 0.5) is 0 Å². The summed E-state index contributed by atoms with van der Waals surface area (Å²) in [6.07, 6.45) is 7.74. The van der Waals surface area contributed by atoms with Crippen molar-refractivity contribution in [1.29, 1.82) is 0 Å². The van der Waals surface area contributed by atoms with Crippen molar-refractivity contribution in [3.05, 3.63) is 145 Å². The zero-order valence-corrected chi connectivity index (χ0v) is 26.1. The molecule has 9 rings (SSSR count). The maximum absolute atomic E-state index is 4.90. The molecule has 0 spiro atoms. The van der Waals surface area contributed by atoms with Crippen LogP contribution in [0.5, 0.6) is 0 Å². The number of fused-ring (bicyclic) bond motifs is 3. The maximum atomic E-state index is 4.90. The van der Waals surface area contributed by atoms with E-state index in [4.69, 9.17) is 9.97 Å². The van der Waals surface area contributed by atoms with E-state index in [0.717, 1.165) is 32.3 Å². The van der Waals surface area contributed by atoms with Gasteiger partial charge in [0, 0.05) is 35.9 Å². The lowest BCUT2D eigenvalue weighted by Crippen LogP contribution is -1.93. The van der Waals surface area contributed by atoms with Gasteiger partial charge in [-0.1, -0.05) is 84.9 Å². The van der Waals surface area contributed by atoms with Gasteiger partial charge in [0.05, 0.1) is 32.2 Å². The van der Waals surface area contributed by atoms with Gasteiger partial charge >= 0.3 is 0 Å². The quantitative estimate of drug-likeness (QED) is 0.179. The Kier molecular flexibility index (Phi) is 6.47. The highest BCUT2D eigenvalue weighted by molar-refractivity contribution is 7.13. The Bertz CT molecular complexity index is 2500. The summed E-state index contributed by atoms with van der Waals surface area (Å²) in [5, 5.41) is 7.19. The molecule has 9 aromatic rings. The Morgan fingerprint density at radius 2 is 0.913 bits per heavy atom. The molecule has 0 saturated heterocycles. The zero-order valence-electron chi connectivity index (χ0n) is 24.5. The molecule has 0 atom stereocenters. The van der Waals surface area contributed by atoms with E-state index in [2.05, 4.69) is 119 Å². The van der Waals surface area contributed by atoms with E-state index in [-0.39, 0.29) is 0 Å².